The van der Waals surface area contributed by atoms with Crippen LogP contribution in [0.5, 0.6) is 0 Å². The number of aromatic nitrogens is 3. The first-order valence-electron chi connectivity index (χ1n) is 9.13. The molecule has 4 rings (SSSR count). The molecule has 28 heavy (non-hydrogen) atoms. The highest BCUT2D eigenvalue weighted by molar-refractivity contribution is 6.32. The standard InChI is InChI=1S/C21H20ClN5O/c1-3-12(2)24-21(28)17-18-20(26-15-10-6-5-9-14(15)25-18)27(19(17)23)16-11-7-4-8-13(16)22/h4-12H,3,23H2,1-2H3,(H,24,28)/t12-/m0/s1. The molecule has 2 aromatic heterocycles. The van der Waals surface area contributed by atoms with E-state index >= 15 is 0 Å². The predicted molar refractivity (Wildman–Crippen MR) is 113 cm³/mol. The van der Waals surface area contributed by atoms with Crippen molar-refractivity contribution in [1.29, 1.82) is 0 Å². The summed E-state index contributed by atoms with van der Waals surface area (Å²) in [6, 6.07) is 14.8. The van der Waals surface area contributed by atoms with Crippen LogP contribution in [0.2, 0.25) is 5.02 Å². The van der Waals surface area contributed by atoms with Gasteiger partial charge in [-0.3, -0.25) is 9.36 Å². The zero-order valence-corrected chi connectivity index (χ0v) is 16.4. The molecule has 0 saturated heterocycles. The van der Waals surface area contributed by atoms with Crippen molar-refractivity contribution in [2.24, 2.45) is 0 Å². The quantitative estimate of drug-likeness (QED) is 0.540. The highest BCUT2D eigenvalue weighted by atomic mass is 35.5. The molecule has 0 fully saturated rings. The van der Waals surface area contributed by atoms with Gasteiger partial charge in [0.05, 0.1) is 21.7 Å². The number of anilines is 1. The minimum Gasteiger partial charge on any atom is -0.384 e. The Labute approximate surface area is 167 Å². The minimum atomic E-state index is -0.271. The van der Waals surface area contributed by atoms with E-state index in [-0.39, 0.29) is 17.8 Å². The van der Waals surface area contributed by atoms with Gasteiger partial charge in [0.25, 0.3) is 5.91 Å². The van der Waals surface area contributed by atoms with Crippen LogP contribution in [-0.4, -0.2) is 26.5 Å². The third-order valence-electron chi connectivity index (χ3n) is 4.81. The number of hydrogen-bond acceptors (Lipinski definition) is 4. The number of nitrogens with two attached hydrogens (primary N) is 1. The molecule has 0 radical (unpaired) electrons. The number of nitrogens with one attached hydrogen (secondary N) is 1. The van der Waals surface area contributed by atoms with Gasteiger partial charge in [-0.25, -0.2) is 9.97 Å². The van der Waals surface area contributed by atoms with E-state index in [1.165, 1.54) is 0 Å². The second-order valence-electron chi connectivity index (χ2n) is 6.71. The van der Waals surface area contributed by atoms with Gasteiger partial charge in [0.1, 0.15) is 16.9 Å². The third kappa shape index (κ3) is 2.96. The van der Waals surface area contributed by atoms with Crippen molar-refractivity contribution in [2.75, 3.05) is 5.73 Å². The molecular formula is C21H20ClN5O. The van der Waals surface area contributed by atoms with Crippen LogP contribution in [0.1, 0.15) is 30.6 Å². The number of para-hydroxylation sites is 3. The van der Waals surface area contributed by atoms with E-state index in [9.17, 15) is 4.79 Å². The van der Waals surface area contributed by atoms with Gasteiger partial charge in [-0.15, -0.1) is 0 Å². The van der Waals surface area contributed by atoms with Gasteiger partial charge in [-0.05, 0) is 37.6 Å². The predicted octanol–water partition coefficient (Wildman–Crippen LogP) is 4.34. The van der Waals surface area contributed by atoms with Gasteiger partial charge < -0.3 is 11.1 Å². The topological polar surface area (TPSA) is 85.8 Å². The number of nitrogen functional groups attached to an aromatic ring is 1. The lowest BCUT2D eigenvalue weighted by atomic mass is 10.2. The van der Waals surface area contributed by atoms with Gasteiger partial charge in [0.2, 0.25) is 0 Å². The molecule has 0 aliphatic heterocycles. The van der Waals surface area contributed by atoms with Crippen LogP contribution in [0.3, 0.4) is 0 Å². The van der Waals surface area contributed by atoms with Crippen molar-refractivity contribution in [2.45, 2.75) is 26.3 Å². The van der Waals surface area contributed by atoms with E-state index in [2.05, 4.69) is 5.32 Å². The lowest BCUT2D eigenvalue weighted by Gasteiger charge is -2.12. The van der Waals surface area contributed by atoms with Crippen LogP contribution in [-0.2, 0) is 0 Å². The zero-order valence-electron chi connectivity index (χ0n) is 15.6. The zero-order chi connectivity index (χ0) is 19.8. The monoisotopic (exact) mass is 393 g/mol. The van der Waals surface area contributed by atoms with Crippen molar-refractivity contribution in [3.63, 3.8) is 0 Å². The maximum atomic E-state index is 13.0. The lowest BCUT2D eigenvalue weighted by Crippen LogP contribution is -2.32. The van der Waals surface area contributed by atoms with Crippen LogP contribution in [0.15, 0.2) is 48.5 Å². The first-order chi connectivity index (χ1) is 13.5. The number of carbonyl (C=O) groups excluding carboxylic acids is 1. The Bertz CT molecular complexity index is 1200. The van der Waals surface area contributed by atoms with Crippen LogP contribution >= 0.6 is 11.6 Å². The normalized spacial score (nSPS) is 12.4. The van der Waals surface area contributed by atoms with Crippen LogP contribution in [0, 0.1) is 0 Å². The second kappa shape index (κ2) is 7.13. The Morgan fingerprint density at radius 1 is 1.14 bits per heavy atom. The largest absolute Gasteiger partial charge is 0.384 e. The first-order valence-corrected chi connectivity index (χ1v) is 9.51. The number of halogens is 1. The summed E-state index contributed by atoms with van der Waals surface area (Å²) < 4.78 is 1.70. The number of amides is 1. The van der Waals surface area contributed by atoms with E-state index in [4.69, 9.17) is 27.3 Å². The van der Waals surface area contributed by atoms with Gasteiger partial charge in [-0.2, -0.15) is 0 Å². The molecule has 3 N–H and O–H groups in total. The minimum absolute atomic E-state index is 0.0130. The smallest absolute Gasteiger partial charge is 0.257 e. The Hall–Kier alpha value is -3.12. The van der Waals surface area contributed by atoms with Gasteiger partial charge in [0.15, 0.2) is 5.65 Å². The lowest BCUT2D eigenvalue weighted by molar-refractivity contribution is 0.0941. The molecule has 4 aromatic rings. The first kappa shape index (κ1) is 18.3. The fourth-order valence-corrected chi connectivity index (χ4v) is 3.38. The van der Waals surface area contributed by atoms with Crippen LogP contribution in [0.4, 0.5) is 5.82 Å². The average molecular weight is 394 g/mol. The fraction of sp³-hybridized carbons (Fsp3) is 0.190. The third-order valence-corrected chi connectivity index (χ3v) is 5.13. The summed E-state index contributed by atoms with van der Waals surface area (Å²) in [6.45, 7) is 3.96. The molecule has 2 aromatic carbocycles. The summed E-state index contributed by atoms with van der Waals surface area (Å²) in [5.41, 5.74) is 9.80. The summed E-state index contributed by atoms with van der Waals surface area (Å²) >= 11 is 6.42. The van der Waals surface area contributed by atoms with E-state index in [0.29, 0.717) is 33.0 Å². The highest BCUT2D eigenvalue weighted by Gasteiger charge is 2.26. The molecular weight excluding hydrogens is 374 g/mol. The van der Waals surface area contributed by atoms with E-state index < -0.39 is 0 Å². The summed E-state index contributed by atoms with van der Waals surface area (Å²) in [7, 11) is 0. The van der Waals surface area contributed by atoms with Crippen molar-refractivity contribution in [1.82, 2.24) is 19.9 Å². The number of rotatable bonds is 4. The van der Waals surface area contributed by atoms with Crippen molar-refractivity contribution in [3.05, 3.63) is 59.1 Å². The summed E-state index contributed by atoms with van der Waals surface area (Å²) in [5.74, 6) is -0.00792. The van der Waals surface area contributed by atoms with E-state index in [1.807, 2.05) is 56.3 Å². The Balaban J connectivity index is 2.06. The fourth-order valence-electron chi connectivity index (χ4n) is 3.16. The molecule has 1 amide bonds. The second-order valence-corrected chi connectivity index (χ2v) is 7.12. The molecule has 6 nitrogen and oxygen atoms in total. The van der Waals surface area contributed by atoms with Gasteiger partial charge in [0, 0.05) is 6.04 Å². The average Bonchev–Trinajstić information content (AvgIpc) is 2.97. The van der Waals surface area contributed by atoms with E-state index in [1.54, 1.807) is 10.6 Å². The number of hydrogen-bond donors (Lipinski definition) is 2. The molecule has 0 saturated carbocycles. The van der Waals surface area contributed by atoms with E-state index in [0.717, 1.165) is 11.9 Å². The molecule has 1 atom stereocenters. The van der Waals surface area contributed by atoms with Crippen molar-refractivity contribution in [3.8, 4) is 5.69 Å². The Morgan fingerprint density at radius 2 is 1.79 bits per heavy atom. The molecule has 142 valence electrons. The molecule has 0 aliphatic carbocycles. The molecule has 0 aliphatic rings. The summed E-state index contributed by atoms with van der Waals surface area (Å²) in [4.78, 5) is 22.5. The van der Waals surface area contributed by atoms with Crippen LogP contribution in [0.25, 0.3) is 27.9 Å². The summed E-state index contributed by atoms with van der Waals surface area (Å²) in [5, 5.41) is 3.48. The van der Waals surface area contributed by atoms with Crippen molar-refractivity contribution < 1.29 is 4.79 Å². The number of carbonyl (C=O) groups is 1. The molecule has 0 bridgehead atoms. The maximum absolute atomic E-state index is 13.0. The molecule has 2 heterocycles. The highest BCUT2D eigenvalue weighted by Crippen LogP contribution is 2.33. The van der Waals surface area contributed by atoms with Crippen molar-refractivity contribution >= 4 is 45.5 Å². The molecule has 7 heteroatoms. The molecule has 0 unspecified atom stereocenters. The summed E-state index contributed by atoms with van der Waals surface area (Å²) in [6.07, 6.45) is 0.809. The molecule has 0 spiro atoms. The van der Waals surface area contributed by atoms with Gasteiger partial charge >= 0.3 is 0 Å². The van der Waals surface area contributed by atoms with Gasteiger partial charge in [-0.1, -0.05) is 42.8 Å². The van der Waals surface area contributed by atoms with Crippen LogP contribution < -0.4 is 11.1 Å². The Kier molecular flexibility index (Phi) is 4.65. The maximum Gasteiger partial charge on any atom is 0.257 e. The number of benzene rings is 2. The number of nitrogens with zero attached hydrogens (tertiary/aromatic N) is 3. The number of fused-ring (bicyclic) bond motifs is 2. The SMILES string of the molecule is CC[C@H](C)NC(=O)c1c(N)n(-c2ccccc2Cl)c2nc3ccccc3nc12. The Morgan fingerprint density at radius 3 is 2.46 bits per heavy atom.